The smallest absolute Gasteiger partial charge is 0.152 e. The summed E-state index contributed by atoms with van der Waals surface area (Å²) in [5.41, 5.74) is 9.94. The zero-order valence-electron chi connectivity index (χ0n) is 13.8. The van der Waals surface area contributed by atoms with Gasteiger partial charge in [-0.15, -0.1) is 0 Å². The fourth-order valence-electron chi connectivity index (χ4n) is 3.21. The molecule has 0 radical (unpaired) electrons. The fourth-order valence-corrected chi connectivity index (χ4v) is 4.49. The standard InChI is InChI=1S/C18H20N4O2S/c19-17-13-22-16(2-1-3-18(22)20-17)15-6-4-14(5-7-15)12-21-8-10-25(23,24)11-9-21/h1-7,13H,8-12,19H2. The second kappa shape index (κ2) is 6.16. The zero-order valence-corrected chi connectivity index (χ0v) is 14.6. The van der Waals surface area contributed by atoms with Gasteiger partial charge in [-0.05, 0) is 23.3 Å². The summed E-state index contributed by atoms with van der Waals surface area (Å²) in [6, 6.07) is 14.3. The van der Waals surface area contributed by atoms with Crippen LogP contribution >= 0.6 is 0 Å². The van der Waals surface area contributed by atoms with Gasteiger partial charge in [-0.2, -0.15) is 0 Å². The molecule has 3 aromatic rings. The van der Waals surface area contributed by atoms with E-state index in [1.807, 2.05) is 28.8 Å². The Labute approximate surface area is 146 Å². The molecule has 4 rings (SSSR count). The number of benzene rings is 1. The highest BCUT2D eigenvalue weighted by atomic mass is 32.2. The molecule has 3 heterocycles. The van der Waals surface area contributed by atoms with E-state index in [1.165, 1.54) is 5.56 Å². The summed E-state index contributed by atoms with van der Waals surface area (Å²) < 4.78 is 25.0. The van der Waals surface area contributed by atoms with Crippen LogP contribution in [0.3, 0.4) is 0 Å². The molecule has 130 valence electrons. The summed E-state index contributed by atoms with van der Waals surface area (Å²) in [6.07, 6.45) is 1.83. The van der Waals surface area contributed by atoms with Gasteiger partial charge in [0.1, 0.15) is 11.5 Å². The van der Waals surface area contributed by atoms with Crippen molar-refractivity contribution in [1.82, 2.24) is 14.3 Å². The molecule has 25 heavy (non-hydrogen) atoms. The lowest BCUT2D eigenvalue weighted by Gasteiger charge is -2.26. The molecule has 0 bridgehead atoms. The van der Waals surface area contributed by atoms with Gasteiger partial charge in [0.2, 0.25) is 0 Å². The predicted molar refractivity (Wildman–Crippen MR) is 99.0 cm³/mol. The highest BCUT2D eigenvalue weighted by molar-refractivity contribution is 7.91. The minimum absolute atomic E-state index is 0.259. The molecule has 6 nitrogen and oxygen atoms in total. The Morgan fingerprint density at radius 3 is 2.48 bits per heavy atom. The summed E-state index contributed by atoms with van der Waals surface area (Å²) in [5.74, 6) is 1.02. The van der Waals surface area contributed by atoms with Crippen molar-refractivity contribution >= 4 is 21.3 Å². The minimum Gasteiger partial charge on any atom is -0.382 e. The van der Waals surface area contributed by atoms with Crippen molar-refractivity contribution in [3.63, 3.8) is 0 Å². The number of pyridine rings is 1. The third-order valence-corrected chi connectivity index (χ3v) is 6.21. The van der Waals surface area contributed by atoms with Gasteiger partial charge in [-0.25, -0.2) is 13.4 Å². The Hall–Kier alpha value is -2.38. The number of nitrogens with zero attached hydrogens (tertiary/aromatic N) is 3. The topological polar surface area (TPSA) is 80.7 Å². The molecule has 0 saturated carbocycles. The summed E-state index contributed by atoms with van der Waals surface area (Å²) in [6.45, 7) is 1.99. The van der Waals surface area contributed by atoms with Gasteiger partial charge in [0.15, 0.2) is 9.84 Å². The van der Waals surface area contributed by atoms with Crippen LogP contribution in [0.1, 0.15) is 5.56 Å². The lowest BCUT2D eigenvalue weighted by Crippen LogP contribution is -2.39. The molecule has 2 N–H and O–H groups in total. The summed E-state index contributed by atoms with van der Waals surface area (Å²) >= 11 is 0. The van der Waals surface area contributed by atoms with Crippen molar-refractivity contribution in [2.75, 3.05) is 30.3 Å². The van der Waals surface area contributed by atoms with Gasteiger partial charge in [0.05, 0.1) is 23.4 Å². The first-order valence-corrected chi connectivity index (χ1v) is 10.1. The normalized spacial score (nSPS) is 17.8. The number of fused-ring (bicyclic) bond motifs is 1. The first-order valence-electron chi connectivity index (χ1n) is 8.26. The first-order chi connectivity index (χ1) is 12.0. The van der Waals surface area contributed by atoms with Crippen molar-refractivity contribution in [2.45, 2.75) is 6.54 Å². The van der Waals surface area contributed by atoms with Gasteiger partial charge in [-0.3, -0.25) is 9.30 Å². The van der Waals surface area contributed by atoms with E-state index in [1.54, 1.807) is 0 Å². The maximum atomic E-state index is 11.5. The van der Waals surface area contributed by atoms with E-state index in [0.717, 1.165) is 23.4 Å². The van der Waals surface area contributed by atoms with E-state index in [2.05, 4.69) is 34.1 Å². The second-order valence-electron chi connectivity index (χ2n) is 6.43. The number of nitrogen functional groups attached to an aromatic ring is 1. The average Bonchev–Trinajstić information content (AvgIpc) is 2.98. The van der Waals surface area contributed by atoms with E-state index in [9.17, 15) is 8.42 Å². The van der Waals surface area contributed by atoms with Crippen LogP contribution < -0.4 is 5.73 Å². The molecule has 1 saturated heterocycles. The minimum atomic E-state index is -2.83. The highest BCUT2D eigenvalue weighted by Gasteiger charge is 2.21. The van der Waals surface area contributed by atoms with Crippen LogP contribution in [-0.4, -0.2) is 47.3 Å². The van der Waals surface area contributed by atoms with Gasteiger partial charge < -0.3 is 5.73 Å². The molecular formula is C18H20N4O2S. The number of imidazole rings is 1. The number of rotatable bonds is 3. The molecule has 7 heteroatoms. The molecule has 2 aromatic heterocycles. The van der Waals surface area contributed by atoms with Gasteiger partial charge >= 0.3 is 0 Å². The van der Waals surface area contributed by atoms with E-state index in [0.29, 0.717) is 18.9 Å². The fraction of sp³-hybridized carbons (Fsp3) is 0.278. The Morgan fingerprint density at radius 2 is 1.76 bits per heavy atom. The molecule has 0 atom stereocenters. The van der Waals surface area contributed by atoms with Crippen molar-refractivity contribution in [3.8, 4) is 11.3 Å². The number of hydrogen-bond donors (Lipinski definition) is 1. The Morgan fingerprint density at radius 1 is 1.04 bits per heavy atom. The monoisotopic (exact) mass is 356 g/mol. The number of aromatic nitrogens is 2. The second-order valence-corrected chi connectivity index (χ2v) is 8.73. The van der Waals surface area contributed by atoms with Gasteiger partial charge in [-0.1, -0.05) is 30.3 Å². The molecule has 1 fully saturated rings. The van der Waals surface area contributed by atoms with Crippen molar-refractivity contribution < 1.29 is 8.42 Å². The van der Waals surface area contributed by atoms with Crippen LogP contribution in [0.2, 0.25) is 0 Å². The quantitative estimate of drug-likeness (QED) is 0.774. The molecule has 0 aliphatic carbocycles. The third kappa shape index (κ3) is 3.38. The summed E-state index contributed by atoms with van der Waals surface area (Å²) in [5, 5.41) is 0. The Balaban J connectivity index is 1.54. The van der Waals surface area contributed by atoms with Crippen molar-refractivity contribution in [1.29, 1.82) is 0 Å². The zero-order chi connectivity index (χ0) is 17.4. The van der Waals surface area contributed by atoms with Crippen LogP contribution in [0.25, 0.3) is 16.9 Å². The molecule has 0 amide bonds. The maximum Gasteiger partial charge on any atom is 0.152 e. The largest absolute Gasteiger partial charge is 0.382 e. The number of anilines is 1. The lowest BCUT2D eigenvalue weighted by molar-refractivity contribution is 0.287. The molecule has 0 spiro atoms. The van der Waals surface area contributed by atoms with Crippen LogP contribution in [0.15, 0.2) is 48.7 Å². The van der Waals surface area contributed by atoms with Crippen LogP contribution in [0.5, 0.6) is 0 Å². The van der Waals surface area contributed by atoms with Crippen molar-refractivity contribution in [3.05, 3.63) is 54.2 Å². The number of sulfone groups is 1. The number of hydrogen-bond acceptors (Lipinski definition) is 5. The van der Waals surface area contributed by atoms with Crippen LogP contribution in [-0.2, 0) is 16.4 Å². The summed E-state index contributed by atoms with van der Waals surface area (Å²) in [4.78, 5) is 6.48. The average molecular weight is 356 g/mol. The highest BCUT2D eigenvalue weighted by Crippen LogP contribution is 2.23. The van der Waals surface area contributed by atoms with Gasteiger partial charge in [0.25, 0.3) is 0 Å². The molecule has 0 unspecified atom stereocenters. The molecule has 1 aromatic carbocycles. The van der Waals surface area contributed by atoms with Crippen molar-refractivity contribution in [2.24, 2.45) is 0 Å². The number of nitrogens with two attached hydrogens (primary N) is 1. The lowest BCUT2D eigenvalue weighted by atomic mass is 10.1. The third-order valence-electron chi connectivity index (χ3n) is 4.60. The Kier molecular flexibility index (Phi) is 3.97. The van der Waals surface area contributed by atoms with E-state index >= 15 is 0 Å². The predicted octanol–water partition coefficient (Wildman–Crippen LogP) is 1.81. The summed E-state index contributed by atoms with van der Waals surface area (Å²) in [7, 11) is -2.83. The molecule has 1 aliphatic heterocycles. The van der Waals surface area contributed by atoms with E-state index < -0.39 is 9.84 Å². The van der Waals surface area contributed by atoms with E-state index in [-0.39, 0.29) is 11.5 Å². The SMILES string of the molecule is Nc1cn2c(-c3ccc(CN4CCS(=O)(=O)CC4)cc3)cccc2n1. The molecule has 1 aliphatic rings. The van der Waals surface area contributed by atoms with Crippen LogP contribution in [0.4, 0.5) is 5.82 Å². The Bertz CT molecular complexity index is 995. The first kappa shape index (κ1) is 16.1. The maximum absolute atomic E-state index is 11.5. The molecular weight excluding hydrogens is 336 g/mol. The van der Waals surface area contributed by atoms with Gasteiger partial charge in [0, 0.05) is 19.6 Å². The van der Waals surface area contributed by atoms with Crippen LogP contribution in [0, 0.1) is 0 Å². The van der Waals surface area contributed by atoms with E-state index in [4.69, 9.17) is 5.73 Å².